The van der Waals surface area contributed by atoms with Crippen molar-refractivity contribution < 1.29 is 38.9 Å². The molecule has 4 aromatic carbocycles. The molecule has 12 nitrogen and oxygen atoms in total. The normalized spacial score (nSPS) is 12.0. The van der Waals surface area contributed by atoms with E-state index < -0.39 is 30.0 Å². The van der Waals surface area contributed by atoms with Gasteiger partial charge in [-0.2, -0.15) is 0 Å². The van der Waals surface area contributed by atoms with Crippen LogP contribution in [0.3, 0.4) is 0 Å². The van der Waals surface area contributed by atoms with Crippen molar-refractivity contribution in [2.45, 2.75) is 137 Å². The second kappa shape index (κ2) is 20.4. The maximum absolute atomic E-state index is 12.9. The molecule has 4 rings (SSSR count). The van der Waals surface area contributed by atoms with Gasteiger partial charge in [0, 0.05) is 34.6 Å². The number of phenols is 2. The largest absolute Gasteiger partial charge is 0.506 e. The monoisotopic (exact) mass is 865 g/mol. The first kappa shape index (κ1) is 49.6. The molecular formula is C51H68N4O8. The molecule has 0 saturated heterocycles. The Morgan fingerprint density at radius 3 is 1.13 bits per heavy atom. The number of aromatic hydroxyl groups is 2. The number of hydrogen-bond donors (Lipinski definition) is 6. The van der Waals surface area contributed by atoms with Crippen LogP contribution in [0.2, 0.25) is 0 Å². The number of amides is 4. The summed E-state index contributed by atoms with van der Waals surface area (Å²) in [7, 11) is 0. The fraction of sp³-hybridized carbons (Fsp3) is 0.451. The summed E-state index contributed by atoms with van der Waals surface area (Å²) in [5, 5.41) is 31.7. The summed E-state index contributed by atoms with van der Waals surface area (Å²) >= 11 is 0. The fourth-order valence-electron chi connectivity index (χ4n) is 6.65. The molecule has 340 valence electrons. The van der Waals surface area contributed by atoms with Crippen molar-refractivity contribution in [2.24, 2.45) is 0 Å². The van der Waals surface area contributed by atoms with E-state index in [2.05, 4.69) is 116 Å². The standard InChI is InChI=1S/C51H68N4O8/c1-13-48(5,6)32-17-23-42(36(25-32)50(9,10)15-3)62-30-46(60)52-34-19-21-38(40(56)27-34)54-44(58)29-45(59)55-39-22-20-35(28-41(39)57)53-47(61)31-63-43-24-18-33(49(7,8)14-2)26-37(43)51(11,12)16-4/h17-28,56-57H,13-16,29-31H2,1-12H3,(H,52,60)(H,53,61)(H,54,58)(H,55,59). The Morgan fingerprint density at radius 1 is 0.460 bits per heavy atom. The number of rotatable bonds is 20. The summed E-state index contributed by atoms with van der Waals surface area (Å²) in [6.45, 7) is 25.4. The van der Waals surface area contributed by atoms with Crippen LogP contribution in [0.5, 0.6) is 23.0 Å². The van der Waals surface area contributed by atoms with Gasteiger partial charge in [0.2, 0.25) is 11.8 Å². The average Bonchev–Trinajstić information content (AvgIpc) is 3.23. The Kier molecular flexibility index (Phi) is 16.1. The van der Waals surface area contributed by atoms with Gasteiger partial charge in [0.05, 0.1) is 11.4 Å². The lowest BCUT2D eigenvalue weighted by Crippen LogP contribution is -2.24. The van der Waals surface area contributed by atoms with Crippen LogP contribution >= 0.6 is 0 Å². The number of nitrogens with one attached hydrogen (secondary N) is 4. The smallest absolute Gasteiger partial charge is 0.262 e. The van der Waals surface area contributed by atoms with E-state index in [9.17, 15) is 29.4 Å². The van der Waals surface area contributed by atoms with Crippen LogP contribution in [0.4, 0.5) is 22.7 Å². The summed E-state index contributed by atoms with van der Waals surface area (Å²) in [4.78, 5) is 51.3. The van der Waals surface area contributed by atoms with Gasteiger partial charge >= 0.3 is 0 Å². The quantitative estimate of drug-likeness (QED) is 0.0376. The van der Waals surface area contributed by atoms with Crippen molar-refractivity contribution in [3.8, 4) is 23.0 Å². The third-order valence-corrected chi connectivity index (χ3v) is 12.7. The van der Waals surface area contributed by atoms with Crippen molar-refractivity contribution in [1.29, 1.82) is 0 Å². The summed E-state index contributed by atoms with van der Waals surface area (Å²) in [6, 6.07) is 20.6. The van der Waals surface area contributed by atoms with Crippen LogP contribution in [0.15, 0.2) is 72.8 Å². The van der Waals surface area contributed by atoms with Crippen molar-refractivity contribution in [2.75, 3.05) is 34.5 Å². The lowest BCUT2D eigenvalue weighted by atomic mass is 9.76. The van der Waals surface area contributed by atoms with E-state index in [1.807, 2.05) is 24.3 Å². The van der Waals surface area contributed by atoms with Gasteiger partial charge in [-0.1, -0.05) is 107 Å². The van der Waals surface area contributed by atoms with Crippen molar-refractivity contribution in [1.82, 2.24) is 0 Å². The molecule has 0 aliphatic rings. The number of carbonyl (C=O) groups is 4. The van der Waals surface area contributed by atoms with Gasteiger partial charge in [0.25, 0.3) is 11.8 Å². The fourth-order valence-corrected chi connectivity index (χ4v) is 6.65. The van der Waals surface area contributed by atoms with Crippen LogP contribution in [0, 0.1) is 0 Å². The first-order valence-corrected chi connectivity index (χ1v) is 21.9. The number of carbonyl (C=O) groups excluding carboxylic acids is 4. The van der Waals surface area contributed by atoms with Crippen molar-refractivity contribution in [3.05, 3.63) is 95.1 Å². The van der Waals surface area contributed by atoms with E-state index in [0.29, 0.717) is 11.5 Å². The van der Waals surface area contributed by atoms with Gasteiger partial charge in [0.1, 0.15) is 29.4 Å². The number of benzene rings is 4. The predicted octanol–water partition coefficient (Wildman–Crippen LogP) is 10.9. The molecule has 0 spiro atoms. The summed E-state index contributed by atoms with van der Waals surface area (Å²) in [5.74, 6) is -1.73. The van der Waals surface area contributed by atoms with E-state index >= 15 is 0 Å². The lowest BCUT2D eigenvalue weighted by Gasteiger charge is -2.30. The molecule has 0 aliphatic heterocycles. The Bertz CT molecular complexity index is 2140. The van der Waals surface area contributed by atoms with Crippen LogP contribution in [-0.4, -0.2) is 47.1 Å². The van der Waals surface area contributed by atoms with E-state index in [4.69, 9.17) is 9.47 Å². The lowest BCUT2D eigenvalue weighted by molar-refractivity contribution is -0.124. The molecule has 0 saturated carbocycles. The zero-order valence-electron chi connectivity index (χ0n) is 39.2. The number of phenolic OH excluding ortho intramolecular Hbond substituents is 2. The van der Waals surface area contributed by atoms with E-state index in [0.717, 1.165) is 36.8 Å². The zero-order chi connectivity index (χ0) is 46.9. The summed E-state index contributed by atoms with van der Waals surface area (Å²) in [6.07, 6.45) is 3.07. The van der Waals surface area contributed by atoms with Crippen molar-refractivity contribution >= 4 is 46.4 Å². The second-order valence-corrected chi connectivity index (χ2v) is 18.8. The highest BCUT2D eigenvalue weighted by atomic mass is 16.5. The molecule has 6 N–H and O–H groups in total. The molecule has 0 unspecified atom stereocenters. The molecular weight excluding hydrogens is 797 g/mol. The second-order valence-electron chi connectivity index (χ2n) is 18.8. The highest BCUT2D eigenvalue weighted by molar-refractivity contribution is 6.09. The van der Waals surface area contributed by atoms with E-state index in [1.54, 1.807) is 0 Å². The van der Waals surface area contributed by atoms with Gasteiger partial charge in [-0.05, 0) is 94.9 Å². The third-order valence-electron chi connectivity index (χ3n) is 12.7. The molecule has 0 bridgehead atoms. The SMILES string of the molecule is CCC(C)(C)c1ccc(OCC(=O)Nc2ccc(NC(=O)CC(=O)Nc3ccc(NC(=O)COc4ccc(C(C)(C)CC)cc4C(C)(C)CC)cc3O)c(O)c2)c(C(C)(C)CC)c1. The molecule has 0 atom stereocenters. The van der Waals surface area contributed by atoms with Crippen LogP contribution in [0.25, 0.3) is 0 Å². The number of ether oxygens (including phenoxy) is 2. The predicted molar refractivity (Wildman–Crippen MR) is 252 cm³/mol. The van der Waals surface area contributed by atoms with Crippen molar-refractivity contribution in [3.63, 3.8) is 0 Å². The van der Waals surface area contributed by atoms with E-state index in [1.165, 1.54) is 47.5 Å². The Balaban J connectivity index is 1.29. The summed E-state index contributed by atoms with van der Waals surface area (Å²) in [5.41, 5.74) is 4.69. The Morgan fingerprint density at radius 2 is 0.810 bits per heavy atom. The van der Waals surface area contributed by atoms with Crippen LogP contribution < -0.4 is 30.7 Å². The average molecular weight is 865 g/mol. The zero-order valence-corrected chi connectivity index (χ0v) is 39.2. The minimum atomic E-state index is -0.732. The molecule has 4 aromatic rings. The topological polar surface area (TPSA) is 175 Å². The minimum absolute atomic E-state index is 0.0102. The maximum Gasteiger partial charge on any atom is 0.262 e. The summed E-state index contributed by atoms with van der Waals surface area (Å²) < 4.78 is 12.0. The van der Waals surface area contributed by atoms with Gasteiger partial charge < -0.3 is 41.0 Å². The van der Waals surface area contributed by atoms with E-state index in [-0.39, 0.29) is 69.1 Å². The van der Waals surface area contributed by atoms with Crippen LogP contribution in [-0.2, 0) is 40.8 Å². The number of hydrogen-bond acceptors (Lipinski definition) is 8. The molecule has 0 heterocycles. The highest BCUT2D eigenvalue weighted by Gasteiger charge is 2.29. The van der Waals surface area contributed by atoms with Gasteiger partial charge in [-0.25, -0.2) is 0 Å². The molecule has 0 aliphatic carbocycles. The highest BCUT2D eigenvalue weighted by Crippen LogP contribution is 2.40. The van der Waals surface area contributed by atoms with Crippen LogP contribution in [0.1, 0.15) is 137 Å². The molecule has 0 fully saturated rings. The Labute approximate surface area is 373 Å². The van der Waals surface area contributed by atoms with Gasteiger partial charge in [-0.3, -0.25) is 19.2 Å². The number of anilines is 4. The first-order valence-electron chi connectivity index (χ1n) is 21.9. The van der Waals surface area contributed by atoms with Gasteiger partial charge in [0.15, 0.2) is 13.2 Å². The molecule has 0 radical (unpaired) electrons. The molecule has 0 aromatic heterocycles. The molecule has 4 amide bonds. The first-order chi connectivity index (χ1) is 29.4. The van der Waals surface area contributed by atoms with Gasteiger partial charge in [-0.15, -0.1) is 0 Å². The molecule has 12 heteroatoms. The molecule has 63 heavy (non-hydrogen) atoms. The maximum atomic E-state index is 12.9. The third kappa shape index (κ3) is 13.0. The Hall–Kier alpha value is -6.04. The minimum Gasteiger partial charge on any atom is -0.506 e.